The fraction of sp³-hybridized carbons (Fsp3) is 0.125. The van der Waals surface area contributed by atoms with Crippen LogP contribution in [0.1, 0.15) is 11.1 Å². The number of hydrogen-bond donors (Lipinski definition) is 0. The molecule has 0 saturated carbocycles. The minimum Gasteiger partial charge on any atom is -0.0613 e. The maximum absolute atomic E-state index is 3.78. The van der Waals surface area contributed by atoms with E-state index in [1.54, 1.807) is 0 Å². The van der Waals surface area contributed by atoms with E-state index in [1.807, 2.05) is 0 Å². The highest BCUT2D eigenvalue weighted by Crippen LogP contribution is 2.41. The minimum absolute atomic E-state index is 1.19. The van der Waals surface area contributed by atoms with Gasteiger partial charge in [0.05, 0.1) is 0 Å². The summed E-state index contributed by atoms with van der Waals surface area (Å²) in [7, 11) is 0. The lowest BCUT2D eigenvalue weighted by atomic mass is 9.98. The number of halogens is 2. The standard InChI is InChI=1S/C16H12Br2/c1-9-5-3-7-11-13(9)15(17)12-8-4-6-10(2)14(12)16(11)18/h3-8H,1-2H3. The second-order valence-electron chi connectivity index (χ2n) is 4.62. The zero-order valence-electron chi connectivity index (χ0n) is 10.2. The van der Waals surface area contributed by atoms with E-state index in [0.717, 1.165) is 0 Å². The van der Waals surface area contributed by atoms with Crippen LogP contribution in [0.2, 0.25) is 0 Å². The maximum Gasteiger partial charge on any atom is 0.0335 e. The summed E-state index contributed by atoms with van der Waals surface area (Å²) in [4.78, 5) is 0. The number of aryl methyl sites for hydroxylation is 2. The molecule has 0 heterocycles. The molecule has 18 heavy (non-hydrogen) atoms. The molecule has 90 valence electrons. The lowest BCUT2D eigenvalue weighted by molar-refractivity contribution is 1.50. The molecule has 0 radical (unpaired) electrons. The van der Waals surface area contributed by atoms with E-state index in [0.29, 0.717) is 0 Å². The molecule has 0 aromatic heterocycles. The van der Waals surface area contributed by atoms with Crippen LogP contribution in [0.5, 0.6) is 0 Å². The molecule has 0 nitrogen and oxygen atoms in total. The lowest BCUT2D eigenvalue weighted by Gasteiger charge is -2.13. The Labute approximate surface area is 123 Å². The average molecular weight is 364 g/mol. The van der Waals surface area contributed by atoms with Crippen LogP contribution in [0.25, 0.3) is 21.5 Å². The molecular formula is C16H12Br2. The summed E-state index contributed by atoms with van der Waals surface area (Å²) >= 11 is 7.56. The van der Waals surface area contributed by atoms with E-state index in [1.165, 1.54) is 41.6 Å². The van der Waals surface area contributed by atoms with E-state index in [2.05, 4.69) is 82.1 Å². The highest BCUT2D eigenvalue weighted by Gasteiger charge is 2.13. The van der Waals surface area contributed by atoms with Gasteiger partial charge in [-0.15, -0.1) is 0 Å². The number of fused-ring (bicyclic) bond motifs is 2. The molecule has 3 aromatic rings. The molecule has 0 unspecified atom stereocenters. The van der Waals surface area contributed by atoms with Crippen molar-refractivity contribution in [2.24, 2.45) is 0 Å². The third-order valence-electron chi connectivity index (χ3n) is 3.46. The van der Waals surface area contributed by atoms with Gasteiger partial charge in [-0.25, -0.2) is 0 Å². The van der Waals surface area contributed by atoms with Crippen molar-refractivity contribution in [3.63, 3.8) is 0 Å². The summed E-state index contributed by atoms with van der Waals surface area (Å²) in [6, 6.07) is 12.9. The second-order valence-corrected chi connectivity index (χ2v) is 6.21. The Morgan fingerprint density at radius 3 is 1.44 bits per heavy atom. The Bertz CT molecular complexity index is 705. The van der Waals surface area contributed by atoms with Crippen LogP contribution in [0.15, 0.2) is 45.3 Å². The van der Waals surface area contributed by atoms with Crippen LogP contribution >= 0.6 is 31.9 Å². The van der Waals surface area contributed by atoms with Crippen molar-refractivity contribution < 1.29 is 0 Å². The third kappa shape index (κ3) is 1.63. The summed E-state index contributed by atoms with van der Waals surface area (Å²) in [6.45, 7) is 4.31. The van der Waals surface area contributed by atoms with Crippen molar-refractivity contribution >= 4 is 53.4 Å². The van der Waals surface area contributed by atoms with Crippen LogP contribution in [-0.2, 0) is 0 Å². The summed E-state index contributed by atoms with van der Waals surface area (Å²) in [5.74, 6) is 0. The van der Waals surface area contributed by atoms with Crippen LogP contribution < -0.4 is 0 Å². The Morgan fingerprint density at radius 1 is 0.667 bits per heavy atom. The van der Waals surface area contributed by atoms with E-state index >= 15 is 0 Å². The van der Waals surface area contributed by atoms with E-state index in [9.17, 15) is 0 Å². The van der Waals surface area contributed by atoms with Crippen molar-refractivity contribution in [3.05, 3.63) is 56.5 Å². The number of benzene rings is 3. The first kappa shape index (κ1) is 12.2. The largest absolute Gasteiger partial charge is 0.0613 e. The summed E-state index contributed by atoms with van der Waals surface area (Å²) < 4.78 is 2.38. The van der Waals surface area contributed by atoms with Gasteiger partial charge in [0.2, 0.25) is 0 Å². The minimum atomic E-state index is 1.19. The average Bonchev–Trinajstić information content (AvgIpc) is 2.35. The Hall–Kier alpha value is -0.860. The Kier molecular flexibility index (Phi) is 2.95. The molecule has 0 amide bonds. The molecule has 2 heteroatoms. The van der Waals surface area contributed by atoms with Crippen molar-refractivity contribution in [2.75, 3.05) is 0 Å². The molecule has 0 fully saturated rings. The number of rotatable bonds is 0. The van der Waals surface area contributed by atoms with Gasteiger partial charge in [0.15, 0.2) is 0 Å². The van der Waals surface area contributed by atoms with E-state index in [4.69, 9.17) is 0 Å². The van der Waals surface area contributed by atoms with Gasteiger partial charge in [0, 0.05) is 19.7 Å². The highest BCUT2D eigenvalue weighted by molar-refractivity contribution is 9.11. The fourth-order valence-electron chi connectivity index (χ4n) is 2.55. The van der Waals surface area contributed by atoms with Crippen LogP contribution in [0.3, 0.4) is 0 Å². The van der Waals surface area contributed by atoms with E-state index in [-0.39, 0.29) is 0 Å². The predicted molar refractivity (Wildman–Crippen MR) is 86.3 cm³/mol. The molecular weight excluding hydrogens is 352 g/mol. The zero-order chi connectivity index (χ0) is 12.9. The van der Waals surface area contributed by atoms with E-state index < -0.39 is 0 Å². The molecule has 0 bridgehead atoms. The van der Waals surface area contributed by atoms with Crippen molar-refractivity contribution in [1.29, 1.82) is 0 Å². The SMILES string of the molecule is Cc1cccc2c(Br)c3c(C)cccc3c(Br)c12. The monoisotopic (exact) mass is 362 g/mol. The first-order valence-electron chi connectivity index (χ1n) is 5.87. The molecule has 0 spiro atoms. The molecule has 0 aliphatic rings. The summed E-state index contributed by atoms with van der Waals surface area (Å²) in [5.41, 5.74) is 2.59. The highest BCUT2D eigenvalue weighted by atomic mass is 79.9. The third-order valence-corrected chi connectivity index (χ3v) is 5.10. The Morgan fingerprint density at radius 2 is 1.06 bits per heavy atom. The second kappa shape index (κ2) is 4.36. The van der Waals surface area contributed by atoms with Gasteiger partial charge in [0.1, 0.15) is 0 Å². The van der Waals surface area contributed by atoms with Gasteiger partial charge >= 0.3 is 0 Å². The van der Waals surface area contributed by atoms with Crippen LogP contribution in [0, 0.1) is 13.8 Å². The molecule has 3 rings (SSSR count). The molecule has 3 aromatic carbocycles. The Balaban J connectivity index is 2.70. The summed E-state index contributed by atoms with van der Waals surface area (Å²) in [5, 5.41) is 5.12. The molecule has 0 aliphatic carbocycles. The number of hydrogen-bond acceptors (Lipinski definition) is 0. The summed E-state index contributed by atoms with van der Waals surface area (Å²) in [6.07, 6.45) is 0. The molecule has 0 N–H and O–H groups in total. The first-order valence-corrected chi connectivity index (χ1v) is 7.45. The van der Waals surface area contributed by atoms with Crippen LogP contribution in [-0.4, -0.2) is 0 Å². The van der Waals surface area contributed by atoms with Crippen molar-refractivity contribution in [2.45, 2.75) is 13.8 Å². The van der Waals surface area contributed by atoms with Crippen molar-refractivity contribution in [3.8, 4) is 0 Å². The zero-order valence-corrected chi connectivity index (χ0v) is 13.4. The molecule has 0 aliphatic heterocycles. The van der Waals surface area contributed by atoms with Gasteiger partial charge in [-0.2, -0.15) is 0 Å². The first-order chi connectivity index (χ1) is 8.61. The van der Waals surface area contributed by atoms with Gasteiger partial charge < -0.3 is 0 Å². The van der Waals surface area contributed by atoms with Crippen LogP contribution in [0.4, 0.5) is 0 Å². The van der Waals surface area contributed by atoms with Gasteiger partial charge in [-0.05, 0) is 67.6 Å². The molecule has 0 atom stereocenters. The lowest BCUT2D eigenvalue weighted by Crippen LogP contribution is -1.87. The quantitative estimate of drug-likeness (QED) is 0.421. The maximum atomic E-state index is 3.78. The topological polar surface area (TPSA) is 0 Å². The predicted octanol–water partition coefficient (Wildman–Crippen LogP) is 6.13. The fourth-order valence-corrected chi connectivity index (χ4v) is 4.27. The molecule has 0 saturated heterocycles. The van der Waals surface area contributed by atoms with Gasteiger partial charge in [-0.1, -0.05) is 36.4 Å². The smallest absolute Gasteiger partial charge is 0.0335 e. The van der Waals surface area contributed by atoms with Gasteiger partial charge in [0.25, 0.3) is 0 Å². The normalized spacial score (nSPS) is 11.3. The van der Waals surface area contributed by atoms with Crippen molar-refractivity contribution in [1.82, 2.24) is 0 Å². The van der Waals surface area contributed by atoms with Gasteiger partial charge in [-0.3, -0.25) is 0 Å².